The molecule has 5 N–H and O–H groups in total. The summed E-state index contributed by atoms with van der Waals surface area (Å²) < 4.78 is 35.2. The number of quaternary nitrogens is 1. The van der Waals surface area contributed by atoms with Crippen LogP contribution < -0.4 is 16.6 Å². The lowest BCUT2D eigenvalue weighted by Crippen LogP contribution is -2.51. The third-order valence-corrected chi connectivity index (χ3v) is 6.28. The molecule has 0 aliphatic rings. The van der Waals surface area contributed by atoms with Gasteiger partial charge in [0.2, 0.25) is 0 Å². The number of primary amides is 1. The Labute approximate surface area is 206 Å². The van der Waals surface area contributed by atoms with Crippen molar-refractivity contribution in [3.05, 3.63) is 34.6 Å². The van der Waals surface area contributed by atoms with E-state index in [9.17, 15) is 18.0 Å². The molecule has 0 aromatic carbocycles. The van der Waals surface area contributed by atoms with Crippen LogP contribution in [0.4, 0.5) is 13.2 Å². The number of carbonyl (C=O) groups is 2. The number of nitrogens with zero attached hydrogens (tertiary/aromatic N) is 6. The molecule has 0 aliphatic heterocycles. The topological polar surface area (TPSA) is 172 Å². The third kappa shape index (κ3) is 5.36. The zero-order valence-electron chi connectivity index (χ0n) is 19.8. The minimum atomic E-state index is -5.19. The van der Waals surface area contributed by atoms with Crippen molar-refractivity contribution in [3.63, 3.8) is 0 Å². The molecule has 0 radical (unpaired) electrons. The summed E-state index contributed by atoms with van der Waals surface area (Å²) in [6, 6.07) is 3.67. The van der Waals surface area contributed by atoms with Gasteiger partial charge in [0.1, 0.15) is 34.1 Å². The van der Waals surface area contributed by atoms with Crippen molar-refractivity contribution in [1.29, 1.82) is 0 Å². The molecule has 0 saturated carbocycles. The van der Waals surface area contributed by atoms with Crippen molar-refractivity contribution in [3.8, 4) is 22.1 Å². The van der Waals surface area contributed by atoms with E-state index in [1.54, 1.807) is 28.3 Å². The number of aliphatic carboxylic acids is 1. The molecule has 1 unspecified atom stereocenters. The summed E-state index contributed by atoms with van der Waals surface area (Å²) in [5.74, 6) is -3.60. The van der Waals surface area contributed by atoms with Crippen LogP contribution in [0.15, 0.2) is 18.3 Å². The van der Waals surface area contributed by atoms with Crippen LogP contribution >= 0.6 is 11.3 Å². The number of amides is 1. The second-order valence-electron chi connectivity index (χ2n) is 7.83. The van der Waals surface area contributed by atoms with E-state index >= 15 is 0 Å². The fourth-order valence-corrected chi connectivity index (χ4v) is 4.41. The Balaban J connectivity index is 0.000000454. The van der Waals surface area contributed by atoms with Gasteiger partial charge < -0.3 is 21.4 Å². The van der Waals surface area contributed by atoms with Gasteiger partial charge in [-0.05, 0) is 32.9 Å². The van der Waals surface area contributed by atoms with E-state index < -0.39 is 18.1 Å². The molecule has 192 valence electrons. The minimum Gasteiger partial charge on any atom is -0.542 e. The Morgan fingerprint density at radius 3 is 2.42 bits per heavy atom. The van der Waals surface area contributed by atoms with Crippen molar-refractivity contribution < 1.29 is 33.6 Å². The van der Waals surface area contributed by atoms with Crippen LogP contribution in [-0.2, 0) is 18.4 Å². The number of alkyl halides is 3. The lowest BCUT2D eigenvalue weighted by atomic mass is 10.1. The van der Waals surface area contributed by atoms with Crippen molar-refractivity contribution in [2.45, 2.75) is 39.5 Å². The highest BCUT2D eigenvalue weighted by molar-refractivity contribution is 7.15. The largest absolute Gasteiger partial charge is 0.542 e. The molecule has 0 fully saturated rings. The van der Waals surface area contributed by atoms with E-state index in [4.69, 9.17) is 20.6 Å². The highest BCUT2D eigenvalue weighted by atomic mass is 32.1. The van der Waals surface area contributed by atoms with Crippen molar-refractivity contribution in [2.75, 3.05) is 0 Å². The number of halogens is 3. The first-order chi connectivity index (χ1) is 16.7. The summed E-state index contributed by atoms with van der Waals surface area (Å²) in [6.45, 7) is 6.77. The van der Waals surface area contributed by atoms with E-state index in [0.717, 1.165) is 38.7 Å². The maximum absolute atomic E-state index is 11.9. The van der Waals surface area contributed by atoms with Gasteiger partial charge in [-0.15, -0.1) is 11.3 Å². The maximum atomic E-state index is 11.9. The van der Waals surface area contributed by atoms with Gasteiger partial charge in [0, 0.05) is 19.0 Å². The van der Waals surface area contributed by atoms with E-state index in [-0.39, 0.29) is 11.7 Å². The van der Waals surface area contributed by atoms with Crippen LogP contribution in [0, 0.1) is 6.92 Å². The van der Waals surface area contributed by atoms with Gasteiger partial charge >= 0.3 is 6.18 Å². The Morgan fingerprint density at radius 2 is 1.89 bits per heavy atom. The number of fused-ring (bicyclic) bond motifs is 1. The number of carbonyl (C=O) groups excluding carboxylic acids is 2. The number of rotatable bonds is 5. The first-order valence-corrected chi connectivity index (χ1v) is 11.4. The number of carboxylic acid groups (broad SMARTS) is 1. The number of nitrogens with two attached hydrogens (primary N) is 1. The molecule has 4 heterocycles. The second kappa shape index (κ2) is 10.0. The van der Waals surface area contributed by atoms with Gasteiger partial charge in [-0.3, -0.25) is 14.2 Å². The highest BCUT2D eigenvalue weighted by Crippen LogP contribution is 2.38. The lowest BCUT2D eigenvalue weighted by molar-refractivity contribution is -0.419. The molecule has 11 nitrogen and oxygen atoms in total. The van der Waals surface area contributed by atoms with Gasteiger partial charge in [-0.25, -0.2) is 9.97 Å². The van der Waals surface area contributed by atoms with Gasteiger partial charge in [-0.2, -0.15) is 23.4 Å². The Morgan fingerprint density at radius 1 is 1.25 bits per heavy atom. The van der Waals surface area contributed by atoms with Gasteiger partial charge in [0.15, 0.2) is 0 Å². The van der Waals surface area contributed by atoms with Gasteiger partial charge in [-0.1, -0.05) is 0 Å². The molecule has 0 bridgehead atoms. The number of aryl methyl sites for hydroxylation is 3. The number of carboxylic acids is 1. The Hall–Kier alpha value is -3.85. The number of hydrogen-bond acceptors (Lipinski definition) is 8. The maximum Gasteiger partial charge on any atom is 0.430 e. The molecule has 1 atom stereocenters. The smallest absolute Gasteiger partial charge is 0.430 e. The summed E-state index contributed by atoms with van der Waals surface area (Å²) in [5, 5.41) is 19.3. The molecule has 4 aromatic heterocycles. The number of thiazole rings is 1. The summed E-state index contributed by atoms with van der Waals surface area (Å²) in [7, 11) is 1.82. The van der Waals surface area contributed by atoms with Crippen LogP contribution in [0.5, 0.6) is 0 Å². The average molecular weight is 525 g/mol. The molecule has 36 heavy (non-hydrogen) atoms. The van der Waals surface area contributed by atoms with Crippen LogP contribution in [0.2, 0.25) is 0 Å². The highest BCUT2D eigenvalue weighted by Gasteiger charge is 2.29. The van der Waals surface area contributed by atoms with Crippen molar-refractivity contribution in [2.24, 2.45) is 12.8 Å². The van der Waals surface area contributed by atoms with E-state index in [1.807, 2.05) is 38.6 Å². The van der Waals surface area contributed by atoms with E-state index in [1.165, 1.54) is 0 Å². The molecule has 0 aliphatic carbocycles. The summed E-state index contributed by atoms with van der Waals surface area (Å²) >= 11 is 1.57. The van der Waals surface area contributed by atoms with Gasteiger partial charge in [0.05, 0.1) is 28.0 Å². The Bertz CT molecular complexity index is 1440. The molecule has 4 aromatic rings. The molecule has 4 rings (SSSR count). The standard InChI is InChI=1S/C19H22N8OS.C2HF3O2/c1-5-27-14(6-9(2)25-27)19-24-16(17(29-19)10(3)20)15-11-8-22-26(4)13(11)7-12(23-15)18(21)28;3-2(4,5)1(6)7/h6-8,10H,5,20H2,1-4H3,(H2,21,28);(H,6,7). The van der Waals surface area contributed by atoms with Crippen LogP contribution in [-0.4, -0.2) is 47.6 Å². The predicted octanol–water partition coefficient (Wildman–Crippen LogP) is 0.984. The lowest BCUT2D eigenvalue weighted by Gasteiger charge is -2.06. The van der Waals surface area contributed by atoms with Crippen LogP contribution in [0.1, 0.15) is 40.9 Å². The fourth-order valence-electron chi connectivity index (χ4n) is 3.35. The molecule has 0 spiro atoms. The summed E-state index contributed by atoms with van der Waals surface area (Å²) in [6.07, 6.45) is -3.46. The molecular formula is C21H23F3N8O3S. The first-order valence-electron chi connectivity index (χ1n) is 10.5. The zero-order valence-corrected chi connectivity index (χ0v) is 20.6. The third-order valence-electron chi connectivity index (χ3n) is 4.98. The number of pyridine rings is 1. The second-order valence-corrected chi connectivity index (χ2v) is 8.86. The van der Waals surface area contributed by atoms with Crippen molar-refractivity contribution >= 4 is 34.1 Å². The SMILES string of the molecule is CCn1nc(C)cc1-c1nc(-c2nc(C(N)=O)cc3c2cnn3C)c(C(C)[NH3+])s1.O=C([O-])C(F)(F)F. The minimum absolute atomic E-state index is 0.0129. The molecule has 0 saturated heterocycles. The monoisotopic (exact) mass is 524 g/mol. The molecular weight excluding hydrogens is 501 g/mol. The normalized spacial score (nSPS) is 12.3. The molecule has 1 amide bonds. The van der Waals surface area contributed by atoms with E-state index in [0.29, 0.717) is 11.4 Å². The average Bonchev–Trinajstić information content (AvgIpc) is 3.49. The number of aromatic nitrogens is 6. The molecule has 15 heteroatoms. The summed E-state index contributed by atoms with van der Waals surface area (Å²) in [5.41, 5.74) is 13.9. The van der Waals surface area contributed by atoms with Crippen LogP contribution in [0.25, 0.3) is 33.0 Å². The quantitative estimate of drug-likeness (QED) is 0.392. The van der Waals surface area contributed by atoms with Crippen molar-refractivity contribution in [1.82, 2.24) is 29.5 Å². The van der Waals surface area contributed by atoms with Gasteiger partial charge in [0.25, 0.3) is 5.91 Å². The Kier molecular flexibility index (Phi) is 7.45. The number of hydrogen-bond donors (Lipinski definition) is 2. The zero-order chi connectivity index (χ0) is 26.9. The van der Waals surface area contributed by atoms with E-state index in [2.05, 4.69) is 20.9 Å². The van der Waals surface area contributed by atoms with Crippen LogP contribution in [0.3, 0.4) is 0 Å². The predicted molar refractivity (Wildman–Crippen MR) is 122 cm³/mol. The first kappa shape index (κ1) is 26.7. The summed E-state index contributed by atoms with van der Waals surface area (Å²) in [4.78, 5) is 31.1. The fraction of sp³-hybridized carbons (Fsp3) is 0.333.